The fourth-order valence-electron chi connectivity index (χ4n) is 4.41. The molecule has 1 saturated heterocycles. The number of benzene rings is 2. The van der Waals surface area contributed by atoms with Gasteiger partial charge in [-0.2, -0.15) is 0 Å². The highest BCUT2D eigenvalue weighted by atomic mass is 16.5. The highest BCUT2D eigenvalue weighted by Crippen LogP contribution is 2.28. The minimum absolute atomic E-state index is 0.0664. The minimum atomic E-state index is -0.0664. The molecule has 3 aliphatic rings. The number of nitrogens with one attached hydrogen (secondary N) is 2. The summed E-state index contributed by atoms with van der Waals surface area (Å²) >= 11 is 0. The molecule has 0 spiro atoms. The van der Waals surface area contributed by atoms with Crippen LogP contribution in [0.3, 0.4) is 0 Å². The van der Waals surface area contributed by atoms with Crippen LogP contribution in [0.15, 0.2) is 48.7 Å². The van der Waals surface area contributed by atoms with Gasteiger partial charge in [-0.1, -0.05) is 12.1 Å². The molecular formula is C27H31N5O3. The average molecular weight is 474 g/mol. The summed E-state index contributed by atoms with van der Waals surface area (Å²) in [7, 11) is 0. The lowest BCUT2D eigenvalue weighted by Gasteiger charge is -2.31. The average Bonchev–Trinajstić information content (AvgIpc) is 2.89. The van der Waals surface area contributed by atoms with Crippen LogP contribution in [0, 0.1) is 6.92 Å². The number of anilines is 3. The summed E-state index contributed by atoms with van der Waals surface area (Å²) in [5.41, 5.74) is 6.58. The van der Waals surface area contributed by atoms with Gasteiger partial charge < -0.3 is 25.0 Å². The molecular weight excluding hydrogens is 442 g/mol. The maximum atomic E-state index is 12.5. The lowest BCUT2D eigenvalue weighted by Crippen LogP contribution is -2.36. The number of nitrogens with zero attached hydrogens (tertiary/aromatic N) is 3. The fourth-order valence-corrected chi connectivity index (χ4v) is 4.41. The van der Waals surface area contributed by atoms with Gasteiger partial charge in [0.15, 0.2) is 0 Å². The number of carbonyl (C=O) groups is 1. The lowest BCUT2D eigenvalue weighted by atomic mass is 10.1. The quantitative estimate of drug-likeness (QED) is 0.551. The molecule has 2 N–H and O–H groups in total. The molecule has 0 radical (unpaired) electrons. The van der Waals surface area contributed by atoms with E-state index in [-0.39, 0.29) is 5.91 Å². The van der Waals surface area contributed by atoms with Gasteiger partial charge in [-0.15, -0.1) is 0 Å². The number of fused-ring (bicyclic) bond motifs is 9. The van der Waals surface area contributed by atoms with E-state index in [1.54, 1.807) is 0 Å². The first-order valence-electron chi connectivity index (χ1n) is 12.2. The predicted octanol–water partition coefficient (Wildman–Crippen LogP) is 4.07. The van der Waals surface area contributed by atoms with Crippen LogP contribution in [-0.4, -0.2) is 55.3 Å². The van der Waals surface area contributed by atoms with Crippen molar-refractivity contribution in [3.63, 3.8) is 0 Å². The maximum absolute atomic E-state index is 12.5. The summed E-state index contributed by atoms with van der Waals surface area (Å²) < 4.78 is 11.6. The highest BCUT2D eigenvalue weighted by Gasteiger charge is 2.16. The molecule has 1 fully saturated rings. The van der Waals surface area contributed by atoms with Crippen molar-refractivity contribution in [3.05, 3.63) is 65.4 Å². The van der Waals surface area contributed by atoms with Gasteiger partial charge in [0.25, 0.3) is 5.91 Å². The molecule has 0 atom stereocenters. The van der Waals surface area contributed by atoms with Crippen molar-refractivity contribution in [2.45, 2.75) is 26.4 Å². The van der Waals surface area contributed by atoms with E-state index in [4.69, 9.17) is 14.5 Å². The predicted molar refractivity (Wildman–Crippen MR) is 136 cm³/mol. The Kier molecular flexibility index (Phi) is 7.20. The summed E-state index contributed by atoms with van der Waals surface area (Å²) in [6.07, 6.45) is 3.56. The van der Waals surface area contributed by atoms with E-state index < -0.39 is 0 Å². The molecule has 3 aliphatic heterocycles. The van der Waals surface area contributed by atoms with Crippen molar-refractivity contribution < 1.29 is 14.3 Å². The van der Waals surface area contributed by atoms with Gasteiger partial charge in [0.05, 0.1) is 25.5 Å². The van der Waals surface area contributed by atoms with Crippen LogP contribution in [0.4, 0.5) is 17.3 Å². The number of morpholine rings is 1. The van der Waals surface area contributed by atoms with Gasteiger partial charge in [-0.25, -0.2) is 9.97 Å². The van der Waals surface area contributed by atoms with Gasteiger partial charge >= 0.3 is 0 Å². The van der Waals surface area contributed by atoms with Crippen LogP contribution < -0.4 is 15.5 Å². The lowest BCUT2D eigenvalue weighted by molar-refractivity contribution is 0.0946. The van der Waals surface area contributed by atoms with Crippen LogP contribution in [0.5, 0.6) is 0 Å². The Morgan fingerprint density at radius 2 is 1.74 bits per heavy atom. The van der Waals surface area contributed by atoms with Gasteiger partial charge in [-0.3, -0.25) is 4.79 Å². The van der Waals surface area contributed by atoms with Crippen LogP contribution in [0.2, 0.25) is 0 Å². The topological polar surface area (TPSA) is 88.6 Å². The number of aryl methyl sites for hydroxylation is 1. The molecule has 35 heavy (non-hydrogen) atoms. The van der Waals surface area contributed by atoms with E-state index >= 15 is 0 Å². The summed E-state index contributed by atoms with van der Waals surface area (Å²) in [6.45, 7) is 6.94. The van der Waals surface area contributed by atoms with Crippen LogP contribution >= 0.6 is 0 Å². The number of aromatic nitrogens is 2. The number of rotatable bonds is 1. The Balaban J connectivity index is 1.47. The molecule has 4 heterocycles. The first-order chi connectivity index (χ1) is 17.2. The van der Waals surface area contributed by atoms with E-state index in [0.717, 1.165) is 67.2 Å². The number of hydrogen-bond donors (Lipinski definition) is 2. The molecule has 182 valence electrons. The van der Waals surface area contributed by atoms with Crippen molar-refractivity contribution in [1.82, 2.24) is 15.3 Å². The number of ether oxygens (including phenoxy) is 2. The van der Waals surface area contributed by atoms with E-state index in [0.29, 0.717) is 31.3 Å². The molecule has 3 aromatic rings. The Morgan fingerprint density at radius 3 is 2.57 bits per heavy atom. The largest absolute Gasteiger partial charge is 0.378 e. The molecule has 0 saturated carbocycles. The van der Waals surface area contributed by atoms with E-state index in [1.807, 2.05) is 37.4 Å². The third-order valence-electron chi connectivity index (χ3n) is 6.34. The number of carbonyl (C=O) groups excluding carboxylic acids is 1. The zero-order valence-electron chi connectivity index (χ0n) is 20.0. The van der Waals surface area contributed by atoms with Gasteiger partial charge in [-0.05, 0) is 55.7 Å². The summed E-state index contributed by atoms with van der Waals surface area (Å²) in [5, 5.41) is 6.37. The normalized spacial score (nSPS) is 17.1. The van der Waals surface area contributed by atoms with Crippen LogP contribution in [0.25, 0.3) is 11.3 Å². The zero-order valence-corrected chi connectivity index (χ0v) is 20.0. The van der Waals surface area contributed by atoms with Gasteiger partial charge in [0.2, 0.25) is 5.95 Å². The third-order valence-corrected chi connectivity index (χ3v) is 6.34. The second-order valence-corrected chi connectivity index (χ2v) is 8.89. The van der Waals surface area contributed by atoms with Gasteiger partial charge in [0, 0.05) is 60.5 Å². The maximum Gasteiger partial charge on any atom is 0.251 e. The van der Waals surface area contributed by atoms with E-state index in [2.05, 4.69) is 38.7 Å². The van der Waals surface area contributed by atoms with Crippen molar-refractivity contribution >= 4 is 23.2 Å². The third kappa shape index (κ3) is 5.61. The van der Waals surface area contributed by atoms with E-state index in [9.17, 15) is 4.79 Å². The minimum Gasteiger partial charge on any atom is -0.378 e. The first kappa shape index (κ1) is 23.3. The fraction of sp³-hybridized carbons (Fsp3) is 0.370. The van der Waals surface area contributed by atoms with Gasteiger partial charge in [0.1, 0.15) is 0 Å². The molecule has 8 nitrogen and oxygen atoms in total. The number of hydrogen-bond acceptors (Lipinski definition) is 7. The monoisotopic (exact) mass is 473 g/mol. The first-order valence-corrected chi connectivity index (χ1v) is 12.2. The summed E-state index contributed by atoms with van der Waals surface area (Å²) in [4.78, 5) is 24.1. The Hall–Kier alpha value is -3.49. The van der Waals surface area contributed by atoms with Crippen molar-refractivity contribution in [3.8, 4) is 11.3 Å². The Morgan fingerprint density at radius 1 is 0.943 bits per heavy atom. The Labute approximate surface area is 205 Å². The number of amides is 1. The molecule has 0 unspecified atom stereocenters. The standard InChI is InChI=1S/C27H31N5O3/c1-19-17-29-27-30-23-8-9-24(32-11-14-34-15-12-32)22(16-23)18-35-13-3-2-10-28-26(33)21-6-4-20(5-7-21)25(19)31-27/h4-9,16-17H,2-3,10-15,18H2,1H3,(H,28,33)(H,29,30,31). The van der Waals surface area contributed by atoms with Crippen LogP contribution in [0.1, 0.15) is 34.3 Å². The second kappa shape index (κ2) is 10.8. The Bertz CT molecular complexity index is 1180. The van der Waals surface area contributed by atoms with E-state index in [1.165, 1.54) is 5.69 Å². The molecule has 2 aromatic carbocycles. The molecule has 8 heteroatoms. The SMILES string of the molecule is Cc1cnc2nc1-c1ccc(cc1)C(=O)NCCCCOCc1cc(ccc1N1CCOCC1)N2. The highest BCUT2D eigenvalue weighted by molar-refractivity contribution is 5.94. The summed E-state index contributed by atoms with van der Waals surface area (Å²) in [6, 6.07) is 13.9. The molecule has 1 amide bonds. The van der Waals surface area contributed by atoms with Crippen molar-refractivity contribution in [2.75, 3.05) is 49.7 Å². The molecule has 0 aliphatic carbocycles. The molecule has 6 bridgehead atoms. The summed E-state index contributed by atoms with van der Waals surface area (Å²) in [5.74, 6) is 0.458. The van der Waals surface area contributed by atoms with Crippen molar-refractivity contribution in [1.29, 1.82) is 0 Å². The molecule has 6 rings (SSSR count). The van der Waals surface area contributed by atoms with Crippen LogP contribution in [-0.2, 0) is 16.1 Å². The molecule has 1 aromatic heterocycles. The second-order valence-electron chi connectivity index (χ2n) is 8.89. The smallest absolute Gasteiger partial charge is 0.251 e. The zero-order chi connectivity index (χ0) is 24.0. The van der Waals surface area contributed by atoms with Crippen molar-refractivity contribution in [2.24, 2.45) is 0 Å².